The zero-order valence-corrected chi connectivity index (χ0v) is 22.6. The summed E-state index contributed by atoms with van der Waals surface area (Å²) in [5.41, 5.74) is -6.04. The number of halogens is 6. The number of rotatable bonds is 6. The number of carbonyl (C=O) groups is 2. The number of amides is 2. The molecule has 2 amide bonds. The molecule has 0 aliphatic carbocycles. The standard InChI is InChI=1S/C31H24F6N2O4/c1-17-3-13-25(40)23(15-17)38-27(42)19-5-9-21(10-6-19)29(30(32,33)34,31(35,36)37)22-11-7-20(8-12-22)28(43)39-24-16-18(2)4-14-26(24)41/h3-16,40-41H,1-2H3,(H,38,42)(H,39,43). The van der Waals surface area contributed by atoms with Crippen LogP contribution >= 0.6 is 0 Å². The predicted molar refractivity (Wildman–Crippen MR) is 147 cm³/mol. The average Bonchev–Trinajstić information content (AvgIpc) is 2.92. The maximum atomic E-state index is 14.6. The lowest BCUT2D eigenvalue weighted by Crippen LogP contribution is -2.54. The van der Waals surface area contributed by atoms with E-state index in [9.17, 15) is 46.1 Å². The van der Waals surface area contributed by atoms with E-state index in [1.165, 1.54) is 24.3 Å². The van der Waals surface area contributed by atoms with Crippen molar-refractivity contribution in [2.75, 3.05) is 10.6 Å². The first-order chi connectivity index (χ1) is 20.0. The number of hydrogen-bond donors (Lipinski definition) is 4. The average molecular weight is 603 g/mol. The molecule has 4 aromatic rings. The molecule has 0 unspecified atom stereocenters. The molecule has 4 N–H and O–H groups in total. The van der Waals surface area contributed by atoms with Crippen molar-refractivity contribution in [3.8, 4) is 11.5 Å². The van der Waals surface area contributed by atoms with Gasteiger partial charge >= 0.3 is 12.4 Å². The van der Waals surface area contributed by atoms with Gasteiger partial charge in [0.1, 0.15) is 11.5 Å². The van der Waals surface area contributed by atoms with E-state index < -0.39 is 40.7 Å². The number of phenolic OH excluding ortho intramolecular Hbond substituents is 2. The monoisotopic (exact) mass is 602 g/mol. The number of alkyl halides is 6. The van der Waals surface area contributed by atoms with E-state index in [1.807, 2.05) is 0 Å². The van der Waals surface area contributed by atoms with E-state index >= 15 is 0 Å². The molecule has 0 radical (unpaired) electrons. The topological polar surface area (TPSA) is 98.7 Å². The maximum absolute atomic E-state index is 14.6. The molecule has 0 aliphatic heterocycles. The van der Waals surface area contributed by atoms with E-state index in [-0.39, 0.29) is 34.0 Å². The molecule has 0 saturated heterocycles. The van der Waals surface area contributed by atoms with Gasteiger partial charge < -0.3 is 20.8 Å². The molecule has 6 nitrogen and oxygen atoms in total. The first-order valence-corrected chi connectivity index (χ1v) is 12.6. The first kappa shape index (κ1) is 30.9. The molecule has 0 aliphatic rings. The Bertz CT molecular complexity index is 1540. The van der Waals surface area contributed by atoms with Crippen LogP contribution in [-0.4, -0.2) is 34.4 Å². The zero-order valence-electron chi connectivity index (χ0n) is 22.6. The molecule has 0 spiro atoms. The molecule has 4 rings (SSSR count). The number of nitrogens with one attached hydrogen (secondary N) is 2. The number of benzene rings is 4. The highest BCUT2D eigenvalue weighted by Crippen LogP contribution is 2.56. The summed E-state index contributed by atoms with van der Waals surface area (Å²) in [6, 6.07) is 14.2. The summed E-state index contributed by atoms with van der Waals surface area (Å²) in [5, 5.41) is 24.6. The number of phenols is 2. The molecule has 0 bridgehead atoms. The summed E-state index contributed by atoms with van der Waals surface area (Å²) in [6.07, 6.45) is -11.8. The molecule has 0 heterocycles. The van der Waals surface area contributed by atoms with Crippen LogP contribution < -0.4 is 10.6 Å². The summed E-state index contributed by atoms with van der Waals surface area (Å²) in [7, 11) is 0. The first-order valence-electron chi connectivity index (χ1n) is 12.6. The summed E-state index contributed by atoms with van der Waals surface area (Å²) in [5.74, 6) is -2.30. The smallest absolute Gasteiger partial charge is 0.411 e. The number of aromatic hydroxyl groups is 2. The quantitative estimate of drug-likeness (QED) is 0.135. The second kappa shape index (κ2) is 11.3. The molecule has 12 heteroatoms. The maximum Gasteiger partial charge on any atom is 0.411 e. The predicted octanol–water partition coefficient (Wildman–Crippen LogP) is 7.63. The minimum absolute atomic E-state index is 0.00995. The highest BCUT2D eigenvalue weighted by molar-refractivity contribution is 6.05. The fourth-order valence-corrected chi connectivity index (χ4v) is 4.61. The van der Waals surface area contributed by atoms with Gasteiger partial charge in [0.05, 0.1) is 11.4 Å². The van der Waals surface area contributed by atoms with Gasteiger partial charge in [-0.05, 0) is 84.6 Å². The summed E-state index contributed by atoms with van der Waals surface area (Å²) in [4.78, 5) is 25.3. The van der Waals surface area contributed by atoms with E-state index in [0.29, 0.717) is 35.4 Å². The van der Waals surface area contributed by atoms with Gasteiger partial charge in [-0.15, -0.1) is 0 Å². The highest BCUT2D eigenvalue weighted by Gasteiger charge is 2.72. The zero-order chi connectivity index (χ0) is 31.7. The molecule has 0 aromatic heterocycles. The van der Waals surface area contributed by atoms with Crippen molar-refractivity contribution < 1.29 is 46.1 Å². The second-order valence-electron chi connectivity index (χ2n) is 9.85. The fourth-order valence-electron chi connectivity index (χ4n) is 4.61. The van der Waals surface area contributed by atoms with E-state index in [0.717, 1.165) is 24.3 Å². The summed E-state index contributed by atoms with van der Waals surface area (Å²) < 4.78 is 87.4. The molecule has 0 atom stereocenters. The number of aryl methyl sites for hydroxylation is 2. The van der Waals surface area contributed by atoms with Crippen LogP contribution in [0.2, 0.25) is 0 Å². The van der Waals surface area contributed by atoms with Crippen molar-refractivity contribution in [2.24, 2.45) is 0 Å². The van der Waals surface area contributed by atoms with Crippen molar-refractivity contribution in [1.82, 2.24) is 0 Å². The van der Waals surface area contributed by atoms with Crippen LogP contribution in [0.5, 0.6) is 11.5 Å². The third-order valence-corrected chi connectivity index (χ3v) is 6.81. The third kappa shape index (κ3) is 5.99. The Kier molecular flexibility index (Phi) is 8.17. The Morgan fingerprint density at radius 3 is 1.19 bits per heavy atom. The van der Waals surface area contributed by atoms with Crippen LogP contribution in [0.15, 0.2) is 84.9 Å². The van der Waals surface area contributed by atoms with Crippen LogP contribution in [0.25, 0.3) is 0 Å². The Balaban J connectivity index is 1.70. The van der Waals surface area contributed by atoms with Crippen molar-refractivity contribution in [3.05, 3.63) is 118 Å². The van der Waals surface area contributed by atoms with Gasteiger partial charge in [0.2, 0.25) is 5.41 Å². The van der Waals surface area contributed by atoms with E-state index in [2.05, 4.69) is 10.6 Å². The molecule has 43 heavy (non-hydrogen) atoms. The largest absolute Gasteiger partial charge is 0.506 e. The Hall–Kier alpha value is -5.00. The lowest BCUT2D eigenvalue weighted by atomic mass is 9.72. The number of hydrogen-bond acceptors (Lipinski definition) is 4. The Labute approximate surface area is 241 Å². The SMILES string of the molecule is Cc1ccc(O)c(NC(=O)c2ccc(C(c3ccc(C(=O)Nc4cc(C)ccc4O)cc3)(C(F)(F)F)C(F)(F)F)cc2)c1. The normalized spacial score (nSPS) is 12.1. The van der Waals surface area contributed by atoms with Crippen LogP contribution in [-0.2, 0) is 5.41 Å². The van der Waals surface area contributed by atoms with Crippen molar-refractivity contribution in [3.63, 3.8) is 0 Å². The molecular weight excluding hydrogens is 578 g/mol. The molecular formula is C31H24F6N2O4. The molecule has 4 aromatic carbocycles. The van der Waals surface area contributed by atoms with Gasteiger partial charge in [-0.25, -0.2) is 0 Å². The third-order valence-electron chi connectivity index (χ3n) is 6.81. The van der Waals surface area contributed by atoms with Crippen molar-refractivity contribution in [2.45, 2.75) is 31.6 Å². The van der Waals surface area contributed by atoms with Gasteiger partial charge in [-0.2, -0.15) is 26.3 Å². The summed E-state index contributed by atoms with van der Waals surface area (Å²) >= 11 is 0. The number of anilines is 2. The molecule has 224 valence electrons. The molecule has 0 fully saturated rings. The highest BCUT2D eigenvalue weighted by atomic mass is 19.4. The molecule has 0 saturated carbocycles. The van der Waals surface area contributed by atoms with E-state index in [4.69, 9.17) is 0 Å². The van der Waals surface area contributed by atoms with Crippen LogP contribution in [0.3, 0.4) is 0 Å². The van der Waals surface area contributed by atoms with Gasteiger partial charge in [-0.1, -0.05) is 36.4 Å². The van der Waals surface area contributed by atoms with E-state index in [1.54, 1.807) is 26.0 Å². The van der Waals surface area contributed by atoms with Crippen LogP contribution in [0.4, 0.5) is 37.7 Å². The van der Waals surface area contributed by atoms with Crippen molar-refractivity contribution in [1.29, 1.82) is 0 Å². The fraction of sp³-hybridized carbons (Fsp3) is 0.161. The second-order valence-corrected chi connectivity index (χ2v) is 9.85. The van der Waals surface area contributed by atoms with Gasteiger partial charge in [0.25, 0.3) is 11.8 Å². The lowest BCUT2D eigenvalue weighted by molar-refractivity contribution is -0.288. The minimum Gasteiger partial charge on any atom is -0.506 e. The van der Waals surface area contributed by atoms with Gasteiger partial charge in [0.15, 0.2) is 0 Å². The lowest BCUT2D eigenvalue weighted by Gasteiger charge is -2.38. The Morgan fingerprint density at radius 2 is 0.884 bits per heavy atom. The Morgan fingerprint density at radius 1 is 0.558 bits per heavy atom. The van der Waals surface area contributed by atoms with Gasteiger partial charge in [-0.3, -0.25) is 9.59 Å². The number of carbonyl (C=O) groups excluding carboxylic acids is 2. The van der Waals surface area contributed by atoms with Crippen LogP contribution in [0, 0.1) is 13.8 Å². The van der Waals surface area contributed by atoms with Gasteiger partial charge in [0, 0.05) is 11.1 Å². The van der Waals surface area contributed by atoms with Crippen LogP contribution in [0.1, 0.15) is 43.0 Å². The van der Waals surface area contributed by atoms with Crippen molar-refractivity contribution >= 4 is 23.2 Å². The minimum atomic E-state index is -5.89. The summed E-state index contributed by atoms with van der Waals surface area (Å²) in [6.45, 7) is 3.37.